The molecule has 0 fully saturated rings. The van der Waals surface area contributed by atoms with E-state index in [1.807, 2.05) is 0 Å². The van der Waals surface area contributed by atoms with Crippen molar-refractivity contribution in [1.82, 2.24) is 4.98 Å². The molecule has 0 aromatic carbocycles. The summed E-state index contributed by atoms with van der Waals surface area (Å²) in [6.07, 6.45) is 3.39. The second-order valence-corrected chi connectivity index (χ2v) is 1.99. The summed E-state index contributed by atoms with van der Waals surface area (Å²) in [4.78, 5) is 25.2. The van der Waals surface area contributed by atoms with Gasteiger partial charge in [-0.15, -0.1) is 0 Å². The lowest BCUT2D eigenvalue weighted by molar-refractivity contribution is -0.575. The maximum absolute atomic E-state index is 10.8. The Morgan fingerprint density at radius 3 is 3.00 bits per heavy atom. The summed E-state index contributed by atoms with van der Waals surface area (Å²) >= 11 is 0. The molecule has 2 heterocycles. The molecule has 0 unspecified atom stereocenters. The first kappa shape index (κ1) is 5.96. The van der Waals surface area contributed by atoms with E-state index in [2.05, 4.69) is 9.72 Å². The molecule has 0 amide bonds. The van der Waals surface area contributed by atoms with Crippen LogP contribution in [0.2, 0.25) is 0 Å². The van der Waals surface area contributed by atoms with Gasteiger partial charge in [-0.05, 0) is 0 Å². The van der Waals surface area contributed by atoms with Crippen molar-refractivity contribution in [1.29, 1.82) is 0 Å². The summed E-state index contributed by atoms with van der Waals surface area (Å²) in [6.45, 7) is 0. The van der Waals surface area contributed by atoms with Crippen LogP contribution >= 0.6 is 0 Å². The van der Waals surface area contributed by atoms with Crippen LogP contribution in [0.15, 0.2) is 18.6 Å². The predicted molar refractivity (Wildman–Crippen MR) is 30.6 cm³/mol. The number of carbonyl (C=O) groups excluding carboxylic acids is 2. The van der Waals surface area contributed by atoms with Crippen LogP contribution in [0.3, 0.4) is 0 Å². The van der Waals surface area contributed by atoms with Crippen LogP contribution in [0.1, 0.15) is 10.5 Å². The Balaban J connectivity index is 2.69. The third kappa shape index (κ3) is 0.706. The van der Waals surface area contributed by atoms with Crippen molar-refractivity contribution < 1.29 is 18.9 Å². The summed E-state index contributed by atoms with van der Waals surface area (Å²) in [5.41, 5.74) is 0.164. The van der Waals surface area contributed by atoms with E-state index in [0.29, 0.717) is 0 Å². The molecule has 0 spiro atoms. The molecule has 0 bridgehead atoms. The molecule has 0 saturated carbocycles. The lowest BCUT2D eigenvalue weighted by Gasteiger charge is -1.78. The number of nitrogens with zero attached hydrogens (tertiary/aromatic N) is 2. The summed E-state index contributed by atoms with van der Waals surface area (Å²) in [6, 6.07) is 0. The summed E-state index contributed by atoms with van der Waals surface area (Å²) in [7, 11) is 0. The van der Waals surface area contributed by atoms with Gasteiger partial charge in [-0.1, -0.05) is 4.57 Å². The quantitative estimate of drug-likeness (QED) is 0.285. The van der Waals surface area contributed by atoms with E-state index >= 15 is 0 Å². The van der Waals surface area contributed by atoms with E-state index in [1.165, 1.54) is 18.6 Å². The van der Waals surface area contributed by atoms with E-state index in [4.69, 9.17) is 0 Å². The first-order valence-corrected chi connectivity index (χ1v) is 2.91. The molecule has 54 valence electrons. The van der Waals surface area contributed by atoms with Crippen LogP contribution in [0, 0.1) is 0 Å². The molecule has 0 radical (unpaired) electrons. The van der Waals surface area contributed by atoms with Crippen LogP contribution < -0.4 is 4.57 Å². The minimum absolute atomic E-state index is 0.164. The molecule has 2 rings (SSSR count). The molecular weight excluding hydrogens is 148 g/mol. The van der Waals surface area contributed by atoms with E-state index in [1.54, 1.807) is 0 Å². The van der Waals surface area contributed by atoms with Crippen molar-refractivity contribution in [2.24, 2.45) is 0 Å². The van der Waals surface area contributed by atoms with Crippen LogP contribution in [0.4, 0.5) is 4.79 Å². The number of rotatable bonds is 0. The van der Waals surface area contributed by atoms with Crippen molar-refractivity contribution in [3.8, 4) is 0 Å². The van der Waals surface area contributed by atoms with Crippen molar-refractivity contribution in [3.05, 3.63) is 24.3 Å². The maximum atomic E-state index is 10.8. The highest BCUT2D eigenvalue weighted by atomic mass is 16.6. The number of ether oxygens (including phenoxy) is 1. The molecule has 5 nitrogen and oxygen atoms in total. The first-order valence-electron chi connectivity index (χ1n) is 2.91. The number of cyclic esters (lactones) is 2. The molecule has 0 atom stereocenters. The molecule has 1 aliphatic rings. The monoisotopic (exact) mass is 151 g/mol. The molecule has 1 aromatic heterocycles. The van der Waals surface area contributed by atoms with Gasteiger partial charge in [-0.25, -0.2) is 4.79 Å². The molecule has 0 N–H and O–H groups in total. The van der Waals surface area contributed by atoms with E-state index in [9.17, 15) is 9.59 Å². The van der Waals surface area contributed by atoms with Gasteiger partial charge >= 0.3 is 17.8 Å². The fraction of sp³-hybridized carbons (Fsp3) is 0. The van der Waals surface area contributed by atoms with Crippen molar-refractivity contribution in [2.45, 2.75) is 0 Å². The minimum Gasteiger partial charge on any atom is -0.328 e. The zero-order valence-corrected chi connectivity index (χ0v) is 5.35. The zero-order valence-electron chi connectivity index (χ0n) is 5.35. The van der Waals surface area contributed by atoms with Gasteiger partial charge in [0.25, 0.3) is 0 Å². The summed E-state index contributed by atoms with van der Waals surface area (Å²) < 4.78 is 5.38. The van der Waals surface area contributed by atoms with Gasteiger partial charge < -0.3 is 4.74 Å². The number of aromatic nitrogens is 2. The maximum Gasteiger partial charge on any atom is 0.611 e. The van der Waals surface area contributed by atoms with Gasteiger partial charge in [0, 0.05) is 0 Å². The second-order valence-electron chi connectivity index (χ2n) is 1.99. The Morgan fingerprint density at radius 2 is 2.27 bits per heavy atom. The molecule has 0 aliphatic carbocycles. The number of hydrogen-bond acceptors (Lipinski definition) is 4. The van der Waals surface area contributed by atoms with Crippen LogP contribution in [0.5, 0.6) is 0 Å². The average molecular weight is 151 g/mol. The van der Waals surface area contributed by atoms with Crippen molar-refractivity contribution >= 4 is 12.1 Å². The van der Waals surface area contributed by atoms with Crippen LogP contribution in [0.25, 0.3) is 0 Å². The predicted octanol–water partition coefficient (Wildman–Crippen LogP) is -0.492. The normalized spacial score (nSPS) is 14.5. The smallest absolute Gasteiger partial charge is 0.328 e. The van der Waals surface area contributed by atoms with Gasteiger partial charge in [0.1, 0.15) is 6.20 Å². The molecular formula is C6H3N2O3+. The topological polar surface area (TPSA) is 60.1 Å². The van der Waals surface area contributed by atoms with E-state index in [-0.39, 0.29) is 5.69 Å². The Morgan fingerprint density at radius 1 is 1.45 bits per heavy atom. The Kier molecular flexibility index (Phi) is 1.00. The van der Waals surface area contributed by atoms with Gasteiger partial charge in [-0.2, -0.15) is 4.79 Å². The lowest BCUT2D eigenvalue weighted by atomic mass is 10.5. The summed E-state index contributed by atoms with van der Waals surface area (Å²) in [5.74, 6) is -0.650. The zero-order chi connectivity index (χ0) is 7.84. The molecule has 1 aromatic rings. The SMILES string of the molecule is O=C1OC(=O)[n+]2ccncc21. The van der Waals surface area contributed by atoms with E-state index < -0.39 is 12.1 Å². The number of esters is 1. The number of fused-ring (bicyclic) bond motifs is 1. The molecule has 11 heavy (non-hydrogen) atoms. The Hall–Kier alpha value is -1.78. The third-order valence-electron chi connectivity index (χ3n) is 1.34. The molecule has 0 saturated heterocycles. The van der Waals surface area contributed by atoms with Gasteiger partial charge in [0.15, 0.2) is 0 Å². The van der Waals surface area contributed by atoms with Crippen molar-refractivity contribution in [2.75, 3.05) is 0 Å². The standard InChI is InChI=1S/C6H3N2O3/c9-5-4-3-7-1-2-8(4)6(10)11-5/h1-3H/q+1. The molecule has 5 heteroatoms. The fourth-order valence-electron chi connectivity index (χ4n) is 0.852. The first-order chi connectivity index (χ1) is 5.29. The van der Waals surface area contributed by atoms with Gasteiger partial charge in [-0.3, -0.25) is 4.98 Å². The van der Waals surface area contributed by atoms with Gasteiger partial charge in [0.05, 0.1) is 6.20 Å². The fourth-order valence-corrected chi connectivity index (χ4v) is 0.852. The minimum atomic E-state index is -0.674. The highest BCUT2D eigenvalue weighted by Gasteiger charge is 2.39. The van der Waals surface area contributed by atoms with E-state index in [0.717, 1.165) is 4.57 Å². The largest absolute Gasteiger partial charge is 0.611 e. The highest BCUT2D eigenvalue weighted by Crippen LogP contribution is 2.00. The Labute approximate surface area is 61.2 Å². The average Bonchev–Trinajstić information content (AvgIpc) is 2.30. The summed E-state index contributed by atoms with van der Waals surface area (Å²) in [5, 5.41) is 0. The lowest BCUT2D eigenvalue weighted by Crippen LogP contribution is -2.39. The van der Waals surface area contributed by atoms with Crippen molar-refractivity contribution in [3.63, 3.8) is 0 Å². The van der Waals surface area contributed by atoms with Gasteiger partial charge in [0.2, 0.25) is 6.20 Å². The highest BCUT2D eigenvalue weighted by molar-refractivity contribution is 5.96. The third-order valence-corrected chi connectivity index (χ3v) is 1.34. The molecule has 1 aliphatic heterocycles. The second kappa shape index (κ2) is 1.85. The number of hydrogen-bond donors (Lipinski definition) is 0. The van der Waals surface area contributed by atoms with Crippen LogP contribution in [-0.4, -0.2) is 17.0 Å². The number of carbonyl (C=O) groups is 2. The Bertz CT molecular complexity index is 314. The van der Waals surface area contributed by atoms with Crippen LogP contribution in [-0.2, 0) is 4.74 Å².